The molecule has 1 saturated carbocycles. The Morgan fingerprint density at radius 2 is 1.86 bits per heavy atom. The molecule has 0 saturated heterocycles. The first-order valence-electron chi connectivity index (χ1n) is 7.90. The maximum atomic E-state index is 5.50. The molecule has 0 unspecified atom stereocenters. The van der Waals surface area contributed by atoms with Crippen LogP contribution in [-0.2, 0) is 6.42 Å². The van der Waals surface area contributed by atoms with Crippen LogP contribution in [0.2, 0.25) is 0 Å². The molecule has 21 heavy (non-hydrogen) atoms. The van der Waals surface area contributed by atoms with E-state index in [-0.39, 0.29) is 0 Å². The maximum Gasteiger partial charge on any atom is 0.230 e. The molecule has 0 atom stereocenters. The zero-order valence-electron chi connectivity index (χ0n) is 12.8. The highest BCUT2D eigenvalue weighted by molar-refractivity contribution is 5.54. The number of nitrogens with zero attached hydrogens (tertiary/aromatic N) is 2. The molecule has 0 bridgehead atoms. The van der Waals surface area contributed by atoms with Gasteiger partial charge in [0.15, 0.2) is 0 Å². The molecule has 1 N–H and O–H groups in total. The average molecular weight is 285 g/mol. The Labute approximate surface area is 126 Å². The summed E-state index contributed by atoms with van der Waals surface area (Å²) in [6.07, 6.45) is 5.67. The topological polar surface area (TPSA) is 51.0 Å². The SMILES string of the molecule is CCc1ccc(-c2noc(C3CCC(NC)CC3)n2)cc1. The number of benzene rings is 1. The Hall–Kier alpha value is -1.68. The van der Waals surface area contributed by atoms with Crippen molar-refractivity contribution in [2.45, 2.75) is 51.0 Å². The second kappa shape index (κ2) is 6.39. The van der Waals surface area contributed by atoms with Gasteiger partial charge in [-0.2, -0.15) is 4.98 Å². The molecule has 1 heterocycles. The molecule has 4 nitrogen and oxygen atoms in total. The number of hydrogen-bond acceptors (Lipinski definition) is 4. The van der Waals surface area contributed by atoms with Crippen molar-refractivity contribution in [3.05, 3.63) is 35.7 Å². The number of hydrogen-bond donors (Lipinski definition) is 1. The number of rotatable bonds is 4. The minimum atomic E-state index is 0.422. The van der Waals surface area contributed by atoms with E-state index in [0.29, 0.717) is 17.8 Å². The zero-order chi connectivity index (χ0) is 14.7. The van der Waals surface area contributed by atoms with Crippen LogP contribution in [0.25, 0.3) is 11.4 Å². The fraction of sp³-hybridized carbons (Fsp3) is 0.529. The Morgan fingerprint density at radius 1 is 1.14 bits per heavy atom. The summed E-state index contributed by atoms with van der Waals surface area (Å²) in [6, 6.07) is 9.05. The Kier molecular flexibility index (Phi) is 4.34. The van der Waals surface area contributed by atoms with E-state index in [4.69, 9.17) is 4.52 Å². The van der Waals surface area contributed by atoms with E-state index in [2.05, 4.69) is 46.6 Å². The smallest absolute Gasteiger partial charge is 0.230 e. The minimum absolute atomic E-state index is 0.422. The van der Waals surface area contributed by atoms with E-state index in [1.165, 1.54) is 18.4 Å². The zero-order valence-corrected chi connectivity index (χ0v) is 12.8. The molecular formula is C17H23N3O. The van der Waals surface area contributed by atoms with Gasteiger partial charge in [-0.1, -0.05) is 36.3 Å². The van der Waals surface area contributed by atoms with Gasteiger partial charge in [-0.15, -0.1) is 0 Å². The fourth-order valence-corrected chi connectivity index (χ4v) is 3.04. The average Bonchev–Trinajstić information content (AvgIpc) is 3.05. The molecule has 112 valence electrons. The Balaban J connectivity index is 1.71. The number of aryl methyl sites for hydroxylation is 1. The highest BCUT2D eigenvalue weighted by Crippen LogP contribution is 2.32. The summed E-state index contributed by atoms with van der Waals surface area (Å²) in [5.41, 5.74) is 2.36. The third kappa shape index (κ3) is 3.16. The van der Waals surface area contributed by atoms with Gasteiger partial charge in [0.2, 0.25) is 11.7 Å². The molecule has 0 spiro atoms. The van der Waals surface area contributed by atoms with Gasteiger partial charge in [0.25, 0.3) is 0 Å². The lowest BCUT2D eigenvalue weighted by atomic mass is 9.86. The molecule has 0 aliphatic heterocycles. The molecule has 1 fully saturated rings. The lowest BCUT2D eigenvalue weighted by Crippen LogP contribution is -2.29. The predicted molar refractivity (Wildman–Crippen MR) is 83.2 cm³/mol. The summed E-state index contributed by atoms with van der Waals surface area (Å²) < 4.78 is 5.50. The Morgan fingerprint density at radius 3 is 2.48 bits per heavy atom. The summed E-state index contributed by atoms with van der Waals surface area (Å²) in [5.74, 6) is 1.94. The first-order chi connectivity index (χ1) is 10.3. The van der Waals surface area contributed by atoms with Crippen LogP contribution in [-0.4, -0.2) is 23.2 Å². The van der Waals surface area contributed by atoms with E-state index in [1.54, 1.807) is 0 Å². The van der Waals surface area contributed by atoms with Crippen LogP contribution in [0.4, 0.5) is 0 Å². The molecular weight excluding hydrogens is 262 g/mol. The van der Waals surface area contributed by atoms with Crippen molar-refractivity contribution in [2.24, 2.45) is 0 Å². The van der Waals surface area contributed by atoms with Crippen molar-refractivity contribution in [3.8, 4) is 11.4 Å². The van der Waals surface area contributed by atoms with E-state index < -0.39 is 0 Å². The van der Waals surface area contributed by atoms with Crippen LogP contribution in [0.3, 0.4) is 0 Å². The highest BCUT2D eigenvalue weighted by atomic mass is 16.5. The molecule has 1 aliphatic carbocycles. The maximum absolute atomic E-state index is 5.50. The quantitative estimate of drug-likeness (QED) is 0.933. The third-order valence-electron chi connectivity index (χ3n) is 4.55. The van der Waals surface area contributed by atoms with Gasteiger partial charge in [-0.05, 0) is 44.7 Å². The van der Waals surface area contributed by atoms with Crippen LogP contribution in [0, 0.1) is 0 Å². The largest absolute Gasteiger partial charge is 0.339 e. The van der Waals surface area contributed by atoms with Gasteiger partial charge < -0.3 is 9.84 Å². The minimum Gasteiger partial charge on any atom is -0.339 e. The van der Waals surface area contributed by atoms with Crippen LogP contribution in [0.15, 0.2) is 28.8 Å². The van der Waals surface area contributed by atoms with Crippen molar-refractivity contribution >= 4 is 0 Å². The van der Waals surface area contributed by atoms with E-state index in [0.717, 1.165) is 30.7 Å². The number of nitrogens with one attached hydrogen (secondary N) is 1. The molecule has 2 aromatic rings. The van der Waals surface area contributed by atoms with E-state index in [9.17, 15) is 0 Å². The highest BCUT2D eigenvalue weighted by Gasteiger charge is 2.25. The van der Waals surface area contributed by atoms with Gasteiger partial charge in [0.05, 0.1) is 0 Å². The van der Waals surface area contributed by atoms with Gasteiger partial charge >= 0.3 is 0 Å². The van der Waals surface area contributed by atoms with Crippen LogP contribution in [0.5, 0.6) is 0 Å². The molecule has 4 heteroatoms. The molecule has 1 aliphatic rings. The van der Waals surface area contributed by atoms with Crippen LogP contribution < -0.4 is 5.32 Å². The molecule has 3 rings (SSSR count). The molecule has 1 aromatic heterocycles. The van der Waals surface area contributed by atoms with Gasteiger partial charge in [-0.3, -0.25) is 0 Å². The van der Waals surface area contributed by atoms with Gasteiger partial charge in [0, 0.05) is 17.5 Å². The van der Waals surface area contributed by atoms with Gasteiger partial charge in [-0.25, -0.2) is 0 Å². The lowest BCUT2D eigenvalue weighted by molar-refractivity contribution is 0.289. The van der Waals surface area contributed by atoms with Crippen molar-refractivity contribution in [3.63, 3.8) is 0 Å². The van der Waals surface area contributed by atoms with E-state index >= 15 is 0 Å². The summed E-state index contributed by atoms with van der Waals surface area (Å²) in [4.78, 5) is 4.61. The summed E-state index contributed by atoms with van der Waals surface area (Å²) in [6.45, 7) is 2.16. The standard InChI is InChI=1S/C17H23N3O/c1-3-12-4-6-13(7-5-12)16-19-17(21-20-16)14-8-10-15(18-2)11-9-14/h4-7,14-15,18H,3,8-11H2,1-2H3. The third-order valence-corrected chi connectivity index (χ3v) is 4.55. The summed E-state index contributed by atoms with van der Waals surface area (Å²) in [5, 5.41) is 7.51. The van der Waals surface area contributed by atoms with Crippen LogP contribution >= 0.6 is 0 Å². The van der Waals surface area contributed by atoms with Crippen LogP contribution in [0.1, 0.15) is 50.0 Å². The fourth-order valence-electron chi connectivity index (χ4n) is 3.04. The van der Waals surface area contributed by atoms with E-state index in [1.807, 2.05) is 7.05 Å². The molecule has 0 radical (unpaired) electrons. The Bertz CT molecular complexity index is 568. The summed E-state index contributed by atoms with van der Waals surface area (Å²) in [7, 11) is 2.04. The summed E-state index contributed by atoms with van der Waals surface area (Å²) >= 11 is 0. The first kappa shape index (κ1) is 14.3. The van der Waals surface area contributed by atoms with Crippen molar-refractivity contribution in [2.75, 3.05) is 7.05 Å². The lowest BCUT2D eigenvalue weighted by Gasteiger charge is -2.25. The molecule has 0 amide bonds. The second-order valence-electron chi connectivity index (χ2n) is 5.84. The molecule has 1 aromatic carbocycles. The normalized spacial score (nSPS) is 22.4. The number of aromatic nitrogens is 2. The monoisotopic (exact) mass is 285 g/mol. The van der Waals surface area contributed by atoms with Gasteiger partial charge in [0.1, 0.15) is 0 Å². The first-order valence-corrected chi connectivity index (χ1v) is 7.90. The van der Waals surface area contributed by atoms with Crippen molar-refractivity contribution < 1.29 is 4.52 Å². The van der Waals surface area contributed by atoms with Crippen molar-refractivity contribution in [1.29, 1.82) is 0 Å². The predicted octanol–water partition coefficient (Wildman–Crippen LogP) is 3.54. The second-order valence-corrected chi connectivity index (χ2v) is 5.84. The van der Waals surface area contributed by atoms with Crippen molar-refractivity contribution in [1.82, 2.24) is 15.5 Å².